The number of hydrogen-bond donors (Lipinski definition) is 1. The number of hydrogen-bond acceptors (Lipinski definition) is 1. The zero-order valence-corrected chi connectivity index (χ0v) is 19.8. The van der Waals surface area contributed by atoms with Gasteiger partial charge in [0.15, 0.2) is 0 Å². The second kappa shape index (κ2) is 24.1. The van der Waals surface area contributed by atoms with Gasteiger partial charge in [0.1, 0.15) is 0 Å². The van der Waals surface area contributed by atoms with E-state index in [9.17, 15) is 0 Å². The molecular formula is C29H41N. The summed E-state index contributed by atoms with van der Waals surface area (Å²) in [5.74, 6) is 0. The van der Waals surface area contributed by atoms with Gasteiger partial charge in [-0.05, 0) is 16.3 Å². The van der Waals surface area contributed by atoms with Crippen LogP contribution < -0.4 is 5.73 Å². The van der Waals surface area contributed by atoms with E-state index in [-0.39, 0.29) is 0 Å². The van der Waals surface area contributed by atoms with Crippen LogP contribution in [0, 0.1) is 0 Å². The quantitative estimate of drug-likeness (QED) is 0.338. The predicted molar refractivity (Wildman–Crippen MR) is 139 cm³/mol. The molecule has 4 aromatic rings. The standard InChI is InChI=1S/C10H8.C7H9N.C6H6.3C2H6/c1-2-6-10-8-4-3-7-9(10)5-1;8-6-7-4-2-1-3-5-7;1-2-4-6-5-3-1;3*1-2/h1-8H;1-5H,6,8H2;1-6H;3*1-2H3. The minimum absolute atomic E-state index is 0.640. The van der Waals surface area contributed by atoms with Crippen molar-refractivity contribution in [2.75, 3.05) is 0 Å². The molecule has 2 N–H and O–H groups in total. The Morgan fingerprint density at radius 2 is 0.633 bits per heavy atom. The summed E-state index contributed by atoms with van der Waals surface area (Å²) in [4.78, 5) is 0. The van der Waals surface area contributed by atoms with Crippen molar-refractivity contribution in [3.05, 3.63) is 121 Å². The molecule has 0 fully saturated rings. The summed E-state index contributed by atoms with van der Waals surface area (Å²) in [6, 6.07) is 38.7. The Hall–Kier alpha value is -2.90. The van der Waals surface area contributed by atoms with Crippen LogP contribution in [0.3, 0.4) is 0 Å². The van der Waals surface area contributed by atoms with Gasteiger partial charge in [-0.15, -0.1) is 0 Å². The highest BCUT2D eigenvalue weighted by molar-refractivity contribution is 5.81. The summed E-state index contributed by atoms with van der Waals surface area (Å²) in [5.41, 5.74) is 6.54. The summed E-state index contributed by atoms with van der Waals surface area (Å²) in [6.45, 7) is 12.6. The van der Waals surface area contributed by atoms with Crippen molar-refractivity contribution in [2.24, 2.45) is 5.73 Å². The van der Waals surface area contributed by atoms with Crippen molar-refractivity contribution in [3.63, 3.8) is 0 Å². The summed E-state index contributed by atoms with van der Waals surface area (Å²) in [6.07, 6.45) is 0. The topological polar surface area (TPSA) is 26.0 Å². The molecule has 162 valence electrons. The molecule has 0 spiro atoms. The molecular weight excluding hydrogens is 362 g/mol. The van der Waals surface area contributed by atoms with Gasteiger partial charge in [0.05, 0.1) is 0 Å². The van der Waals surface area contributed by atoms with E-state index in [0.717, 1.165) is 0 Å². The van der Waals surface area contributed by atoms with Crippen molar-refractivity contribution in [1.82, 2.24) is 0 Å². The zero-order chi connectivity index (χ0) is 22.9. The molecule has 0 unspecified atom stereocenters. The Bertz CT molecular complexity index is 703. The van der Waals surface area contributed by atoms with Crippen LogP contribution in [0.15, 0.2) is 115 Å². The minimum Gasteiger partial charge on any atom is -0.326 e. The van der Waals surface area contributed by atoms with Crippen LogP contribution in [0.2, 0.25) is 0 Å². The second-order valence-corrected chi connectivity index (χ2v) is 5.19. The molecule has 0 heterocycles. The van der Waals surface area contributed by atoms with E-state index in [0.29, 0.717) is 6.54 Å². The lowest BCUT2D eigenvalue weighted by Crippen LogP contribution is -1.94. The second-order valence-electron chi connectivity index (χ2n) is 5.19. The highest BCUT2D eigenvalue weighted by Crippen LogP contribution is 2.11. The molecule has 0 saturated heterocycles. The van der Waals surface area contributed by atoms with Crippen LogP contribution in [0.25, 0.3) is 10.8 Å². The van der Waals surface area contributed by atoms with Gasteiger partial charge in [0, 0.05) is 6.54 Å². The molecule has 0 aliphatic heterocycles. The molecule has 0 amide bonds. The zero-order valence-electron chi connectivity index (χ0n) is 19.8. The lowest BCUT2D eigenvalue weighted by molar-refractivity contribution is 1.07. The Morgan fingerprint density at radius 3 is 0.867 bits per heavy atom. The molecule has 0 aromatic heterocycles. The normalized spacial score (nSPS) is 7.97. The Labute approximate surface area is 185 Å². The molecule has 4 aromatic carbocycles. The Morgan fingerprint density at radius 1 is 0.400 bits per heavy atom. The fourth-order valence-electron chi connectivity index (χ4n) is 2.13. The van der Waals surface area contributed by atoms with E-state index in [4.69, 9.17) is 5.73 Å². The molecule has 0 aliphatic rings. The van der Waals surface area contributed by atoms with Crippen molar-refractivity contribution in [1.29, 1.82) is 0 Å². The third-order valence-corrected chi connectivity index (χ3v) is 3.40. The molecule has 0 saturated carbocycles. The van der Waals surface area contributed by atoms with E-state index in [1.165, 1.54) is 16.3 Å². The number of fused-ring (bicyclic) bond motifs is 1. The molecule has 0 atom stereocenters. The SMILES string of the molecule is CC.CC.CC.NCc1ccccc1.c1ccc2ccccc2c1.c1ccccc1. The van der Waals surface area contributed by atoms with Crippen LogP contribution in [0.5, 0.6) is 0 Å². The predicted octanol–water partition coefficient (Wildman–Crippen LogP) is 8.75. The summed E-state index contributed by atoms with van der Waals surface area (Å²) >= 11 is 0. The first kappa shape index (κ1) is 29.3. The van der Waals surface area contributed by atoms with E-state index in [2.05, 4.69) is 48.5 Å². The van der Waals surface area contributed by atoms with E-state index in [1.54, 1.807) is 0 Å². The first-order valence-corrected chi connectivity index (χ1v) is 11.1. The average Bonchev–Trinajstić information content (AvgIpc) is 2.90. The minimum atomic E-state index is 0.640. The van der Waals surface area contributed by atoms with E-state index < -0.39 is 0 Å². The highest BCUT2D eigenvalue weighted by Gasteiger charge is 1.85. The fourth-order valence-corrected chi connectivity index (χ4v) is 2.13. The van der Waals surface area contributed by atoms with Gasteiger partial charge in [-0.3, -0.25) is 0 Å². The van der Waals surface area contributed by atoms with Gasteiger partial charge in [-0.1, -0.05) is 157 Å². The van der Waals surface area contributed by atoms with Gasteiger partial charge in [-0.2, -0.15) is 0 Å². The number of rotatable bonds is 1. The maximum absolute atomic E-state index is 5.35. The first-order chi connectivity index (χ1) is 14.9. The lowest BCUT2D eigenvalue weighted by Gasteiger charge is -1.92. The summed E-state index contributed by atoms with van der Waals surface area (Å²) in [5, 5.41) is 2.62. The molecule has 0 radical (unpaired) electrons. The van der Waals surface area contributed by atoms with Gasteiger partial charge in [0.25, 0.3) is 0 Å². The third kappa shape index (κ3) is 15.1. The summed E-state index contributed by atoms with van der Waals surface area (Å²) in [7, 11) is 0. The van der Waals surface area contributed by atoms with Crippen LogP contribution in [0.4, 0.5) is 0 Å². The van der Waals surface area contributed by atoms with Gasteiger partial charge < -0.3 is 5.73 Å². The van der Waals surface area contributed by atoms with E-state index >= 15 is 0 Å². The lowest BCUT2D eigenvalue weighted by atomic mass is 10.1. The van der Waals surface area contributed by atoms with Crippen molar-refractivity contribution < 1.29 is 0 Å². The molecule has 30 heavy (non-hydrogen) atoms. The molecule has 0 bridgehead atoms. The van der Waals surface area contributed by atoms with Crippen molar-refractivity contribution in [2.45, 2.75) is 48.1 Å². The highest BCUT2D eigenvalue weighted by atomic mass is 14.5. The fraction of sp³-hybridized carbons (Fsp3) is 0.241. The van der Waals surface area contributed by atoms with Crippen molar-refractivity contribution in [3.8, 4) is 0 Å². The van der Waals surface area contributed by atoms with Gasteiger partial charge >= 0.3 is 0 Å². The molecule has 4 rings (SSSR count). The maximum Gasteiger partial charge on any atom is 0.0178 e. The first-order valence-electron chi connectivity index (χ1n) is 11.1. The molecule has 1 nitrogen and oxygen atoms in total. The van der Waals surface area contributed by atoms with Crippen LogP contribution >= 0.6 is 0 Å². The van der Waals surface area contributed by atoms with Crippen LogP contribution in [-0.2, 0) is 6.54 Å². The van der Waals surface area contributed by atoms with Crippen LogP contribution in [0.1, 0.15) is 47.1 Å². The molecule has 0 aliphatic carbocycles. The molecule has 1 heteroatoms. The van der Waals surface area contributed by atoms with Crippen LogP contribution in [-0.4, -0.2) is 0 Å². The van der Waals surface area contributed by atoms with Crippen molar-refractivity contribution >= 4 is 10.8 Å². The van der Waals surface area contributed by atoms with Gasteiger partial charge in [-0.25, -0.2) is 0 Å². The third-order valence-electron chi connectivity index (χ3n) is 3.40. The maximum atomic E-state index is 5.35. The number of nitrogens with two attached hydrogens (primary N) is 1. The summed E-state index contributed by atoms with van der Waals surface area (Å²) < 4.78 is 0. The number of benzene rings is 4. The average molecular weight is 404 g/mol. The Balaban J connectivity index is 0. The largest absolute Gasteiger partial charge is 0.326 e. The Kier molecular flexibility index (Phi) is 23.6. The monoisotopic (exact) mass is 403 g/mol. The van der Waals surface area contributed by atoms with E-state index in [1.807, 2.05) is 108 Å². The van der Waals surface area contributed by atoms with Gasteiger partial charge in [0.2, 0.25) is 0 Å². The smallest absolute Gasteiger partial charge is 0.0178 e.